The van der Waals surface area contributed by atoms with E-state index in [4.69, 9.17) is 5.63 Å². The van der Waals surface area contributed by atoms with Crippen LogP contribution >= 0.6 is 0 Å². The molecule has 15 heteroatoms. The fraction of sp³-hybridized carbons (Fsp3) is 0.800. The normalized spacial score (nSPS) is 12.6. The average molecular weight is 604 g/mol. The number of halogens is 6. The number of alkyl halides is 6. The van der Waals surface area contributed by atoms with Crippen molar-refractivity contribution in [2.75, 3.05) is 13.2 Å². The molecule has 35 heavy (non-hydrogen) atoms. The minimum absolute atomic E-state index is 0.449. The van der Waals surface area contributed by atoms with Crippen molar-refractivity contribution in [3.63, 3.8) is 0 Å². The predicted octanol–water partition coefficient (Wildman–Crippen LogP) is 2.32. The third-order valence-corrected chi connectivity index (χ3v) is 5.33. The summed E-state index contributed by atoms with van der Waals surface area (Å²) in [6, 6.07) is 0. The average Bonchev–Trinajstić information content (AvgIpc) is 2.66. The molecule has 0 aromatic rings. The first kappa shape index (κ1) is 38.2. The molecule has 0 saturated carbocycles. The van der Waals surface area contributed by atoms with E-state index in [1.807, 2.05) is 0 Å². The van der Waals surface area contributed by atoms with Crippen LogP contribution < -0.4 is 10.2 Å². The molecule has 0 aliphatic heterocycles. The summed E-state index contributed by atoms with van der Waals surface area (Å²) in [6.07, 6.45) is -10.4. The van der Waals surface area contributed by atoms with Crippen molar-refractivity contribution in [3.8, 4) is 0 Å². The summed E-state index contributed by atoms with van der Waals surface area (Å²) in [5, 5.41) is 19.7. The van der Waals surface area contributed by atoms with Crippen LogP contribution in [0.15, 0.2) is 0 Å². The van der Waals surface area contributed by atoms with Crippen LogP contribution in [0.25, 0.3) is 0 Å². The third-order valence-electron chi connectivity index (χ3n) is 3.75. The Balaban J connectivity index is -0.000000448. The molecular weight excluding hydrogens is 573 g/mol. The molecule has 0 saturated heterocycles. The molecule has 0 amide bonds. The van der Waals surface area contributed by atoms with Gasteiger partial charge < -0.3 is 19.8 Å². The number of Topliss-reactive ketones (excluding diaryl/α,β-unsaturated/α-hetero) is 2. The summed E-state index contributed by atoms with van der Waals surface area (Å²) >= 11 is -0.851. The summed E-state index contributed by atoms with van der Waals surface area (Å²) in [5.41, 5.74) is 0. The van der Waals surface area contributed by atoms with E-state index in [9.17, 15) is 55.7 Å². The SMILES string of the molecule is CCC(C(=O)CC(=O)[O-])C(F)(F)F.CCC(C(=O)CC(=O)[O-])C(F)(F)F.CCC[O][Zr+2][O]CCC. The zero-order valence-electron chi connectivity index (χ0n) is 19.8. The molecule has 8 nitrogen and oxygen atoms in total. The number of ketones is 2. The van der Waals surface area contributed by atoms with E-state index in [0.29, 0.717) is 0 Å². The van der Waals surface area contributed by atoms with Gasteiger partial charge in [-0.3, -0.25) is 9.59 Å². The van der Waals surface area contributed by atoms with Gasteiger partial charge in [0.25, 0.3) is 0 Å². The second-order valence-electron chi connectivity index (χ2n) is 6.82. The van der Waals surface area contributed by atoms with E-state index < -0.39 is 97.5 Å². The number of aliphatic carboxylic acids is 2. The van der Waals surface area contributed by atoms with E-state index in [1.54, 1.807) is 0 Å². The molecule has 0 aliphatic carbocycles. The fourth-order valence-corrected chi connectivity index (χ4v) is 3.76. The number of hydrogen-bond donors (Lipinski definition) is 0. The Morgan fingerprint density at radius 3 is 1.14 bits per heavy atom. The second kappa shape index (κ2) is 20.8. The van der Waals surface area contributed by atoms with Crippen molar-refractivity contribution in [3.05, 3.63) is 0 Å². The molecule has 0 N–H and O–H groups in total. The summed E-state index contributed by atoms with van der Waals surface area (Å²) < 4.78 is 82.4. The van der Waals surface area contributed by atoms with Crippen LogP contribution in [-0.4, -0.2) is 49.1 Å². The molecule has 0 heterocycles. The van der Waals surface area contributed by atoms with Crippen molar-refractivity contribution in [2.24, 2.45) is 11.8 Å². The first-order valence-electron chi connectivity index (χ1n) is 10.6. The number of carboxylic acids is 2. The Labute approximate surface area is 212 Å². The Hall–Kier alpha value is -1.34. The van der Waals surface area contributed by atoms with Gasteiger partial charge in [0.05, 0.1) is 0 Å². The fourth-order valence-electron chi connectivity index (χ4n) is 2.14. The van der Waals surface area contributed by atoms with Crippen molar-refractivity contribution in [1.82, 2.24) is 0 Å². The maximum atomic E-state index is 12.0. The topological polar surface area (TPSA) is 133 Å². The van der Waals surface area contributed by atoms with Crippen LogP contribution in [0.4, 0.5) is 26.3 Å². The minimum atomic E-state index is -4.67. The second-order valence-corrected chi connectivity index (χ2v) is 8.64. The van der Waals surface area contributed by atoms with Gasteiger partial charge in [-0.05, 0) is 12.8 Å². The van der Waals surface area contributed by atoms with Crippen LogP contribution in [0.2, 0.25) is 0 Å². The molecular formula is C20H30F6O8Zr. The summed E-state index contributed by atoms with van der Waals surface area (Å²) in [6.45, 7) is 8.33. The van der Waals surface area contributed by atoms with Gasteiger partial charge in [0.1, 0.15) is 11.8 Å². The molecule has 0 spiro atoms. The Kier molecular flexibility index (Phi) is 22.7. The molecule has 0 aliphatic rings. The van der Waals surface area contributed by atoms with Crippen molar-refractivity contribution in [1.29, 1.82) is 0 Å². The van der Waals surface area contributed by atoms with Gasteiger partial charge in [-0.15, -0.1) is 0 Å². The molecule has 204 valence electrons. The van der Waals surface area contributed by atoms with E-state index in [2.05, 4.69) is 13.8 Å². The first-order chi connectivity index (χ1) is 16.0. The van der Waals surface area contributed by atoms with Crippen LogP contribution in [0, 0.1) is 11.8 Å². The maximum absolute atomic E-state index is 12.0. The van der Waals surface area contributed by atoms with Gasteiger partial charge in [-0.2, -0.15) is 26.3 Å². The number of rotatable bonds is 14. The van der Waals surface area contributed by atoms with Crippen molar-refractivity contribution < 1.29 is 85.5 Å². The molecule has 0 aromatic carbocycles. The third kappa shape index (κ3) is 22.8. The number of carbonyl (C=O) groups excluding carboxylic acids is 4. The van der Waals surface area contributed by atoms with Crippen LogP contribution in [0.5, 0.6) is 0 Å². The van der Waals surface area contributed by atoms with E-state index >= 15 is 0 Å². The molecule has 0 fully saturated rings. The molecule has 0 radical (unpaired) electrons. The zero-order chi connectivity index (χ0) is 28.2. The summed E-state index contributed by atoms with van der Waals surface area (Å²) in [4.78, 5) is 41.1. The Morgan fingerprint density at radius 1 is 0.686 bits per heavy atom. The predicted molar refractivity (Wildman–Crippen MR) is 101 cm³/mol. The zero-order valence-corrected chi connectivity index (χ0v) is 22.3. The van der Waals surface area contributed by atoms with Gasteiger partial charge in [-0.1, -0.05) is 13.8 Å². The Morgan fingerprint density at radius 2 is 0.971 bits per heavy atom. The molecule has 2 unspecified atom stereocenters. The van der Waals surface area contributed by atoms with E-state index in [1.165, 1.54) is 13.8 Å². The van der Waals surface area contributed by atoms with Gasteiger partial charge in [0.2, 0.25) is 0 Å². The van der Waals surface area contributed by atoms with Crippen LogP contribution in [0.3, 0.4) is 0 Å². The molecule has 0 rings (SSSR count). The van der Waals surface area contributed by atoms with Gasteiger partial charge in [-0.25, -0.2) is 0 Å². The van der Waals surface area contributed by atoms with Crippen LogP contribution in [-0.2, 0) is 48.9 Å². The monoisotopic (exact) mass is 602 g/mol. The van der Waals surface area contributed by atoms with Gasteiger partial charge >= 0.3 is 82.0 Å². The number of carboxylic acid groups (broad SMARTS) is 2. The van der Waals surface area contributed by atoms with Gasteiger partial charge in [0, 0.05) is 24.8 Å². The van der Waals surface area contributed by atoms with Crippen LogP contribution in [0.1, 0.15) is 66.2 Å². The van der Waals surface area contributed by atoms with Crippen molar-refractivity contribution in [2.45, 2.75) is 78.6 Å². The first-order valence-corrected chi connectivity index (χ1v) is 12.6. The molecule has 2 atom stereocenters. The van der Waals surface area contributed by atoms with E-state index in [-0.39, 0.29) is 0 Å². The summed E-state index contributed by atoms with van der Waals surface area (Å²) in [5.74, 6) is -10.7. The van der Waals surface area contributed by atoms with Gasteiger partial charge in [0.15, 0.2) is 11.6 Å². The van der Waals surface area contributed by atoms with Crippen molar-refractivity contribution >= 4 is 23.5 Å². The number of hydrogen-bond acceptors (Lipinski definition) is 8. The van der Waals surface area contributed by atoms with E-state index in [0.717, 1.165) is 26.1 Å². The quantitative estimate of drug-likeness (QED) is 0.168. The summed E-state index contributed by atoms with van der Waals surface area (Å²) in [7, 11) is 0. The standard InChI is InChI=1S/2C7H9F3O3.2C3H7O.Zr/c2*1-2-4(7(8,9)10)5(11)3-6(12)13;2*1-2-3-4;/h2*4H,2-3H2,1H3,(H,12,13);2*2-3H2,1H3;/q;;2*-1;+4/p-2. The number of carbonyl (C=O) groups is 4. The Bertz CT molecular complexity index is 574. The molecule has 0 bridgehead atoms. The molecule has 0 aromatic heterocycles.